The Morgan fingerprint density at radius 2 is 1.62 bits per heavy atom. The van der Waals surface area contributed by atoms with E-state index in [1.54, 1.807) is 12.1 Å². The van der Waals surface area contributed by atoms with Crippen LogP contribution in [-0.2, 0) is 16.0 Å². The molecule has 0 amide bonds. The molecular weight excluding hydrogens is 364 g/mol. The fourth-order valence-electron chi connectivity index (χ4n) is 3.44. The number of carbonyl (C=O) groups excluding carboxylic acids is 1. The number of nitrogens with zero attached hydrogens (tertiary/aromatic N) is 2. The van der Waals surface area contributed by atoms with Crippen LogP contribution in [0.15, 0.2) is 36.7 Å². The maximum Gasteiger partial charge on any atom is 0.343 e. The van der Waals surface area contributed by atoms with E-state index in [1.807, 2.05) is 24.5 Å². The van der Waals surface area contributed by atoms with Gasteiger partial charge >= 0.3 is 5.97 Å². The zero-order valence-electron chi connectivity index (χ0n) is 17.6. The average molecular weight is 397 g/mol. The number of benzene rings is 1. The van der Waals surface area contributed by atoms with Crippen molar-refractivity contribution in [1.82, 2.24) is 9.97 Å². The van der Waals surface area contributed by atoms with Crippen LogP contribution in [0, 0.1) is 0 Å². The molecule has 0 saturated carbocycles. The Balaban J connectivity index is 1.45. The maximum atomic E-state index is 12.0. The molecule has 3 rings (SSSR count). The maximum absolute atomic E-state index is 12.0. The minimum absolute atomic E-state index is 0.0266. The summed E-state index contributed by atoms with van der Waals surface area (Å²) in [5.41, 5.74) is 1.96. The van der Waals surface area contributed by atoms with Crippen LogP contribution >= 0.6 is 0 Å². The molecule has 2 aromatic rings. The summed E-state index contributed by atoms with van der Waals surface area (Å²) < 4.78 is 10.8. The Hall–Kier alpha value is -2.27. The number of hydrogen-bond acceptors (Lipinski definition) is 5. The van der Waals surface area contributed by atoms with Crippen LogP contribution in [0.2, 0.25) is 0 Å². The van der Waals surface area contributed by atoms with Gasteiger partial charge in [-0.1, -0.05) is 64.5 Å². The first-order valence-electron chi connectivity index (χ1n) is 11.0. The molecule has 0 unspecified atom stereocenters. The molecule has 5 nitrogen and oxygen atoms in total. The molecule has 0 spiro atoms. The van der Waals surface area contributed by atoms with E-state index < -0.39 is 6.10 Å². The van der Waals surface area contributed by atoms with Crippen molar-refractivity contribution in [2.24, 2.45) is 0 Å². The van der Waals surface area contributed by atoms with Gasteiger partial charge in [0, 0.05) is 24.4 Å². The molecule has 1 fully saturated rings. The van der Waals surface area contributed by atoms with Crippen molar-refractivity contribution < 1.29 is 14.3 Å². The lowest BCUT2D eigenvalue weighted by atomic mass is 10.1. The Bertz CT molecular complexity index is 759. The number of esters is 1. The Kier molecular flexibility index (Phi) is 8.17. The van der Waals surface area contributed by atoms with Crippen molar-refractivity contribution in [1.29, 1.82) is 0 Å². The second-order valence-corrected chi connectivity index (χ2v) is 7.74. The van der Waals surface area contributed by atoms with Crippen molar-refractivity contribution >= 4 is 5.97 Å². The first-order valence-corrected chi connectivity index (χ1v) is 11.0. The van der Waals surface area contributed by atoms with Crippen LogP contribution in [0.25, 0.3) is 11.1 Å². The van der Waals surface area contributed by atoms with Gasteiger partial charge in [-0.15, -0.1) is 0 Å². The number of unbranched alkanes of at least 4 members (excludes halogenated alkanes) is 5. The summed E-state index contributed by atoms with van der Waals surface area (Å²) in [6, 6.07) is 7.45. The lowest BCUT2D eigenvalue weighted by Gasteiger charge is -2.06. The van der Waals surface area contributed by atoms with Crippen LogP contribution in [0.3, 0.4) is 0 Å². The largest absolute Gasteiger partial charge is 0.425 e. The summed E-state index contributed by atoms with van der Waals surface area (Å²) in [4.78, 5) is 21.1. The minimum Gasteiger partial charge on any atom is -0.425 e. The molecule has 29 heavy (non-hydrogen) atoms. The van der Waals surface area contributed by atoms with E-state index in [4.69, 9.17) is 9.47 Å². The predicted octanol–water partition coefficient (Wildman–Crippen LogP) is 5.52. The van der Waals surface area contributed by atoms with Crippen molar-refractivity contribution in [3.63, 3.8) is 0 Å². The number of rotatable bonds is 12. The van der Waals surface area contributed by atoms with E-state index in [1.165, 1.54) is 32.1 Å². The van der Waals surface area contributed by atoms with E-state index in [9.17, 15) is 4.79 Å². The predicted molar refractivity (Wildman–Crippen MR) is 114 cm³/mol. The van der Waals surface area contributed by atoms with Gasteiger partial charge in [0.25, 0.3) is 0 Å². The third-order valence-electron chi connectivity index (χ3n) is 5.25. The lowest BCUT2D eigenvalue weighted by molar-refractivity contribution is -0.135. The molecule has 1 aromatic carbocycles. The van der Waals surface area contributed by atoms with Crippen molar-refractivity contribution in [2.75, 3.05) is 0 Å². The minimum atomic E-state index is -0.401. The van der Waals surface area contributed by atoms with E-state index in [0.717, 1.165) is 42.6 Å². The molecule has 1 aliphatic rings. The average Bonchev–Trinajstić information content (AvgIpc) is 3.51. The van der Waals surface area contributed by atoms with Gasteiger partial charge in [0.15, 0.2) is 6.10 Å². The van der Waals surface area contributed by atoms with Crippen molar-refractivity contribution in [3.05, 3.63) is 42.5 Å². The third-order valence-corrected chi connectivity index (χ3v) is 5.25. The van der Waals surface area contributed by atoms with Gasteiger partial charge in [0.2, 0.25) is 0 Å². The van der Waals surface area contributed by atoms with Gasteiger partial charge < -0.3 is 9.47 Å². The second-order valence-electron chi connectivity index (χ2n) is 7.74. The van der Waals surface area contributed by atoms with Gasteiger partial charge in [0.1, 0.15) is 11.6 Å². The molecule has 156 valence electrons. The number of aromatic nitrogens is 2. The monoisotopic (exact) mass is 396 g/mol. The highest BCUT2D eigenvalue weighted by Gasteiger charge is 2.45. The van der Waals surface area contributed by atoms with E-state index in [-0.39, 0.29) is 12.1 Å². The summed E-state index contributed by atoms with van der Waals surface area (Å²) in [7, 11) is 0. The number of epoxide rings is 1. The van der Waals surface area contributed by atoms with Crippen LogP contribution in [-0.4, -0.2) is 28.1 Å². The molecule has 1 aromatic heterocycles. The van der Waals surface area contributed by atoms with E-state index >= 15 is 0 Å². The molecule has 1 aliphatic heterocycles. The molecule has 5 heteroatoms. The molecule has 0 radical (unpaired) electrons. The highest BCUT2D eigenvalue weighted by atomic mass is 16.6. The summed E-state index contributed by atoms with van der Waals surface area (Å²) >= 11 is 0. The normalized spacial score (nSPS) is 17.9. The number of ether oxygens (including phenoxy) is 2. The van der Waals surface area contributed by atoms with Crippen LogP contribution in [0.4, 0.5) is 0 Å². The van der Waals surface area contributed by atoms with Gasteiger partial charge in [0.05, 0.1) is 6.10 Å². The van der Waals surface area contributed by atoms with Gasteiger partial charge in [-0.05, 0) is 30.5 Å². The quantitative estimate of drug-likeness (QED) is 0.205. The third kappa shape index (κ3) is 6.64. The molecule has 0 aliphatic carbocycles. The fraction of sp³-hybridized carbons (Fsp3) is 0.542. The summed E-state index contributed by atoms with van der Waals surface area (Å²) in [5, 5.41) is 0. The summed E-state index contributed by atoms with van der Waals surface area (Å²) in [6.45, 7) is 4.31. The lowest BCUT2D eigenvalue weighted by Crippen LogP contribution is -2.17. The second kappa shape index (κ2) is 11.1. The van der Waals surface area contributed by atoms with Gasteiger partial charge in [-0.3, -0.25) is 0 Å². The van der Waals surface area contributed by atoms with Crippen molar-refractivity contribution in [3.8, 4) is 16.9 Å². The molecule has 0 N–H and O–H groups in total. The standard InChI is InChI=1S/C24H32N2O3/c1-3-5-6-7-8-9-11-22-25-16-19(17-26-22)18-12-14-20(15-13-18)28-24(27)23-21(29-23)10-4-2/h12-17,21,23H,3-11H2,1-2H3/t21-,23+/m0/s1. The van der Waals surface area contributed by atoms with Crippen LogP contribution < -0.4 is 4.74 Å². The van der Waals surface area contributed by atoms with E-state index in [2.05, 4.69) is 23.8 Å². The fourth-order valence-corrected chi connectivity index (χ4v) is 3.44. The molecule has 1 saturated heterocycles. The highest BCUT2D eigenvalue weighted by molar-refractivity contribution is 5.80. The van der Waals surface area contributed by atoms with Crippen molar-refractivity contribution in [2.45, 2.75) is 83.8 Å². The molecule has 2 atom stereocenters. The van der Waals surface area contributed by atoms with Gasteiger partial charge in [-0.25, -0.2) is 14.8 Å². The number of carbonyl (C=O) groups is 1. The van der Waals surface area contributed by atoms with Crippen LogP contribution in [0.1, 0.15) is 71.0 Å². The summed E-state index contributed by atoms with van der Waals surface area (Å²) in [6.07, 6.45) is 13.8. The zero-order chi connectivity index (χ0) is 20.5. The molecule has 0 bridgehead atoms. The number of aryl methyl sites for hydroxylation is 1. The van der Waals surface area contributed by atoms with Gasteiger partial charge in [-0.2, -0.15) is 0 Å². The molecular formula is C24H32N2O3. The Morgan fingerprint density at radius 3 is 2.31 bits per heavy atom. The first-order chi connectivity index (χ1) is 14.2. The SMILES string of the molecule is CCCCCCCCc1ncc(-c2ccc(OC(=O)[C@@H]3O[C@H]3CCC)cc2)cn1. The zero-order valence-corrected chi connectivity index (χ0v) is 17.6. The Labute approximate surface area is 173 Å². The van der Waals surface area contributed by atoms with Crippen LogP contribution in [0.5, 0.6) is 5.75 Å². The smallest absolute Gasteiger partial charge is 0.343 e. The summed E-state index contributed by atoms with van der Waals surface area (Å²) in [5.74, 6) is 1.13. The number of hydrogen-bond donors (Lipinski definition) is 0. The Morgan fingerprint density at radius 1 is 0.931 bits per heavy atom. The highest BCUT2D eigenvalue weighted by Crippen LogP contribution is 2.29. The van der Waals surface area contributed by atoms with E-state index in [0.29, 0.717) is 5.75 Å². The molecule has 2 heterocycles. The first kappa shape index (κ1) is 21.4. The topological polar surface area (TPSA) is 64.6 Å².